The maximum atomic E-state index is 13.5. The van der Waals surface area contributed by atoms with Crippen LogP contribution in [-0.2, 0) is 6.42 Å². The van der Waals surface area contributed by atoms with Crippen LogP contribution in [0.2, 0.25) is 0 Å². The number of phenols is 2. The number of halogens is 3. The van der Waals surface area contributed by atoms with Gasteiger partial charge in [0.05, 0.1) is 17.4 Å². The van der Waals surface area contributed by atoms with Gasteiger partial charge in [0.15, 0.2) is 5.78 Å². The zero-order chi connectivity index (χ0) is 17.5. The minimum absolute atomic E-state index is 0.171. The van der Waals surface area contributed by atoms with Crippen LogP contribution < -0.4 is 0 Å². The summed E-state index contributed by atoms with van der Waals surface area (Å²) in [5.74, 6) is -4.77. The zero-order valence-electron chi connectivity index (χ0n) is 12.5. The summed E-state index contributed by atoms with van der Waals surface area (Å²) in [4.78, 5) is 12.8. The van der Waals surface area contributed by atoms with Crippen molar-refractivity contribution in [2.45, 2.75) is 24.9 Å². The van der Waals surface area contributed by atoms with Gasteiger partial charge in [-0.15, -0.1) is 0 Å². The van der Waals surface area contributed by atoms with Crippen molar-refractivity contribution >= 4 is 5.78 Å². The predicted molar refractivity (Wildman–Crippen MR) is 81.2 cm³/mol. The first-order chi connectivity index (χ1) is 11.3. The molecule has 126 valence electrons. The number of aryl methyl sites for hydroxylation is 1. The van der Waals surface area contributed by atoms with Crippen molar-refractivity contribution < 1.29 is 28.2 Å². The minimum atomic E-state index is -4.51. The van der Waals surface area contributed by atoms with Gasteiger partial charge in [0.25, 0.3) is 0 Å². The van der Waals surface area contributed by atoms with Gasteiger partial charge < -0.3 is 10.2 Å². The standard InChI is InChI=1S/C18H15F3O3/c19-18(20,21)14-8-5-10-3-1-2-4-12(10)16(14)17(24)13-7-6-11(22)9-15(13)23/h1-4,6-7,9,14,16,22-23H,5,8H2. The largest absolute Gasteiger partial charge is 0.508 e. The Morgan fingerprint density at radius 3 is 2.46 bits per heavy atom. The highest BCUT2D eigenvalue weighted by molar-refractivity contribution is 6.03. The first-order valence-electron chi connectivity index (χ1n) is 7.49. The summed E-state index contributed by atoms with van der Waals surface area (Å²) in [5, 5.41) is 19.2. The predicted octanol–water partition coefficient (Wildman–Crippen LogP) is 4.19. The zero-order valence-corrected chi connectivity index (χ0v) is 12.5. The van der Waals surface area contributed by atoms with Gasteiger partial charge in [0, 0.05) is 6.07 Å². The molecule has 0 heterocycles. The van der Waals surface area contributed by atoms with Gasteiger partial charge in [-0.1, -0.05) is 24.3 Å². The molecule has 6 heteroatoms. The number of carbonyl (C=O) groups is 1. The fourth-order valence-corrected chi connectivity index (χ4v) is 3.33. The molecule has 0 aromatic heterocycles. The van der Waals surface area contributed by atoms with Crippen LogP contribution in [-0.4, -0.2) is 22.2 Å². The highest BCUT2D eigenvalue weighted by Crippen LogP contribution is 2.47. The molecule has 1 aliphatic carbocycles. The van der Waals surface area contributed by atoms with Gasteiger partial charge in [-0.2, -0.15) is 13.2 Å². The summed E-state index contributed by atoms with van der Waals surface area (Å²) in [6.45, 7) is 0. The number of rotatable bonds is 2. The Hall–Kier alpha value is -2.50. The van der Waals surface area contributed by atoms with Crippen LogP contribution in [0, 0.1) is 5.92 Å². The molecule has 0 aliphatic heterocycles. The van der Waals surface area contributed by atoms with Crippen LogP contribution in [0.25, 0.3) is 0 Å². The second-order valence-electron chi connectivity index (χ2n) is 5.93. The van der Waals surface area contributed by atoms with E-state index in [4.69, 9.17) is 0 Å². The molecule has 2 atom stereocenters. The van der Waals surface area contributed by atoms with Gasteiger partial charge in [0.2, 0.25) is 0 Å². The molecular weight excluding hydrogens is 321 g/mol. The normalized spacial score (nSPS) is 20.5. The lowest BCUT2D eigenvalue weighted by molar-refractivity contribution is -0.180. The van der Waals surface area contributed by atoms with Crippen LogP contribution >= 0.6 is 0 Å². The van der Waals surface area contributed by atoms with E-state index in [1.807, 2.05) is 0 Å². The minimum Gasteiger partial charge on any atom is -0.508 e. The highest BCUT2D eigenvalue weighted by atomic mass is 19.4. The fourth-order valence-electron chi connectivity index (χ4n) is 3.33. The smallest absolute Gasteiger partial charge is 0.392 e. The van der Waals surface area contributed by atoms with E-state index in [0.717, 1.165) is 17.7 Å². The number of alkyl halides is 3. The van der Waals surface area contributed by atoms with Crippen LogP contribution in [0.4, 0.5) is 13.2 Å². The van der Waals surface area contributed by atoms with Crippen molar-refractivity contribution in [2.75, 3.05) is 0 Å². The topological polar surface area (TPSA) is 57.5 Å². The first-order valence-corrected chi connectivity index (χ1v) is 7.49. The summed E-state index contributed by atoms with van der Waals surface area (Å²) in [6, 6.07) is 9.86. The van der Waals surface area contributed by atoms with Gasteiger partial charge >= 0.3 is 6.18 Å². The van der Waals surface area contributed by atoms with Crippen molar-refractivity contribution in [3.8, 4) is 11.5 Å². The third-order valence-electron chi connectivity index (χ3n) is 4.47. The average molecular weight is 336 g/mol. The molecule has 2 aromatic carbocycles. The Morgan fingerprint density at radius 1 is 1.08 bits per heavy atom. The number of carbonyl (C=O) groups excluding carboxylic acids is 1. The maximum absolute atomic E-state index is 13.5. The lowest BCUT2D eigenvalue weighted by Crippen LogP contribution is -2.37. The first kappa shape index (κ1) is 16.4. The number of ketones is 1. The van der Waals surface area contributed by atoms with E-state index in [2.05, 4.69) is 0 Å². The van der Waals surface area contributed by atoms with E-state index >= 15 is 0 Å². The molecular formula is C18H15F3O3. The molecule has 3 nitrogen and oxygen atoms in total. The fraction of sp³-hybridized carbons (Fsp3) is 0.278. The third-order valence-corrected chi connectivity index (χ3v) is 4.47. The SMILES string of the molecule is O=C(c1ccc(O)cc1O)C1c2ccccc2CCC1C(F)(F)F. The Bertz CT molecular complexity index is 783. The maximum Gasteiger partial charge on any atom is 0.392 e. The Labute approximate surface area is 136 Å². The van der Waals surface area contributed by atoms with E-state index < -0.39 is 29.5 Å². The Balaban J connectivity index is 2.11. The molecule has 2 N–H and O–H groups in total. The number of Topliss-reactive ketones (excluding diaryl/α,β-unsaturated/α-hetero) is 1. The van der Waals surface area contributed by atoms with E-state index in [1.54, 1.807) is 18.2 Å². The van der Waals surface area contributed by atoms with Crippen molar-refractivity contribution in [3.05, 3.63) is 59.2 Å². The molecule has 2 aromatic rings. The van der Waals surface area contributed by atoms with Crippen LogP contribution in [0.3, 0.4) is 0 Å². The number of hydrogen-bond donors (Lipinski definition) is 2. The molecule has 24 heavy (non-hydrogen) atoms. The lowest BCUT2D eigenvalue weighted by atomic mass is 9.71. The van der Waals surface area contributed by atoms with Gasteiger partial charge in [0.1, 0.15) is 11.5 Å². The average Bonchev–Trinajstić information content (AvgIpc) is 2.52. The molecule has 0 bridgehead atoms. The van der Waals surface area contributed by atoms with Crippen LogP contribution in [0.1, 0.15) is 33.8 Å². The lowest BCUT2D eigenvalue weighted by Gasteiger charge is -2.34. The third kappa shape index (κ3) is 2.84. The van der Waals surface area contributed by atoms with Gasteiger partial charge in [-0.3, -0.25) is 4.79 Å². The highest BCUT2D eigenvalue weighted by Gasteiger charge is 2.50. The van der Waals surface area contributed by atoms with E-state index in [1.165, 1.54) is 12.1 Å². The summed E-state index contributed by atoms with van der Waals surface area (Å²) in [6.07, 6.45) is -4.43. The second kappa shape index (κ2) is 5.85. The Kier molecular flexibility index (Phi) is 3.99. The summed E-state index contributed by atoms with van der Waals surface area (Å²) in [7, 11) is 0. The number of aromatic hydroxyl groups is 2. The quantitative estimate of drug-likeness (QED) is 0.809. The molecule has 2 unspecified atom stereocenters. The Morgan fingerprint density at radius 2 is 1.79 bits per heavy atom. The van der Waals surface area contributed by atoms with Crippen LogP contribution in [0.5, 0.6) is 11.5 Å². The molecule has 0 saturated heterocycles. The number of fused-ring (bicyclic) bond motifs is 1. The van der Waals surface area contributed by atoms with E-state index in [9.17, 15) is 28.2 Å². The summed E-state index contributed by atoms with van der Waals surface area (Å²) in [5.41, 5.74) is 0.849. The van der Waals surface area contributed by atoms with Crippen molar-refractivity contribution in [2.24, 2.45) is 5.92 Å². The molecule has 3 rings (SSSR count). The molecule has 0 amide bonds. The number of benzene rings is 2. The number of phenolic OH excluding ortho intramolecular Hbond substituents is 2. The molecule has 1 aliphatic rings. The molecule has 0 saturated carbocycles. The summed E-state index contributed by atoms with van der Waals surface area (Å²) < 4.78 is 40.4. The van der Waals surface area contributed by atoms with Crippen molar-refractivity contribution in [3.63, 3.8) is 0 Å². The van der Waals surface area contributed by atoms with Crippen molar-refractivity contribution in [1.29, 1.82) is 0 Å². The van der Waals surface area contributed by atoms with E-state index in [0.29, 0.717) is 5.56 Å². The monoisotopic (exact) mass is 336 g/mol. The van der Waals surface area contributed by atoms with E-state index in [-0.39, 0.29) is 24.2 Å². The summed E-state index contributed by atoms with van der Waals surface area (Å²) >= 11 is 0. The van der Waals surface area contributed by atoms with Gasteiger partial charge in [-0.05, 0) is 36.1 Å². The van der Waals surface area contributed by atoms with Crippen LogP contribution in [0.15, 0.2) is 42.5 Å². The molecule has 0 fully saturated rings. The molecule has 0 radical (unpaired) electrons. The molecule has 0 spiro atoms. The van der Waals surface area contributed by atoms with Crippen molar-refractivity contribution in [1.82, 2.24) is 0 Å². The second-order valence-corrected chi connectivity index (χ2v) is 5.93. The number of hydrogen-bond acceptors (Lipinski definition) is 3. The van der Waals surface area contributed by atoms with Gasteiger partial charge in [-0.25, -0.2) is 0 Å².